The molecule has 3 rings (SSSR count). The molecule has 5 nitrogen and oxygen atoms in total. The van der Waals surface area contributed by atoms with Crippen molar-refractivity contribution >= 4 is 10.0 Å². The predicted molar refractivity (Wildman–Crippen MR) is 100 cm³/mol. The number of benzene rings is 2. The smallest absolute Gasteiger partial charge is 0.240 e. The van der Waals surface area contributed by atoms with Crippen LogP contribution >= 0.6 is 0 Å². The van der Waals surface area contributed by atoms with E-state index in [1.165, 1.54) is 43.3 Å². The summed E-state index contributed by atoms with van der Waals surface area (Å²) in [6.07, 6.45) is 4.58. The van der Waals surface area contributed by atoms with E-state index in [1.54, 1.807) is 12.1 Å². The molecule has 0 saturated heterocycles. The van der Waals surface area contributed by atoms with E-state index in [2.05, 4.69) is 4.72 Å². The summed E-state index contributed by atoms with van der Waals surface area (Å²) in [6, 6.07) is 11.6. The lowest BCUT2D eigenvalue weighted by Crippen LogP contribution is -2.38. The van der Waals surface area contributed by atoms with Crippen LogP contribution in [0.3, 0.4) is 0 Å². The maximum Gasteiger partial charge on any atom is 0.240 e. The number of nitrogens with one attached hydrogen (secondary N) is 1. The van der Waals surface area contributed by atoms with Gasteiger partial charge in [0.15, 0.2) is 0 Å². The Morgan fingerprint density at radius 3 is 2.30 bits per heavy atom. The van der Waals surface area contributed by atoms with Crippen LogP contribution < -0.4 is 9.46 Å². The van der Waals surface area contributed by atoms with Crippen molar-refractivity contribution in [1.82, 2.24) is 4.72 Å². The van der Waals surface area contributed by atoms with Gasteiger partial charge >= 0.3 is 0 Å². The highest BCUT2D eigenvalue weighted by Gasteiger charge is 2.26. The molecule has 0 bridgehead atoms. The monoisotopic (exact) mass is 393 g/mol. The van der Waals surface area contributed by atoms with E-state index >= 15 is 0 Å². The van der Waals surface area contributed by atoms with Gasteiger partial charge in [-0.25, -0.2) is 17.5 Å². The van der Waals surface area contributed by atoms with E-state index in [-0.39, 0.29) is 17.5 Å². The number of ether oxygens (including phenoxy) is 1. The third-order valence-corrected chi connectivity index (χ3v) is 6.23. The Morgan fingerprint density at radius 1 is 1.11 bits per heavy atom. The molecule has 1 fully saturated rings. The lowest BCUT2D eigenvalue weighted by molar-refractivity contribution is 0.0627. The van der Waals surface area contributed by atoms with E-state index in [0.717, 1.165) is 25.7 Å². The van der Waals surface area contributed by atoms with Crippen molar-refractivity contribution in [3.8, 4) is 5.75 Å². The first-order chi connectivity index (χ1) is 12.8. The number of hydrogen-bond donors (Lipinski definition) is 2. The highest BCUT2D eigenvalue weighted by molar-refractivity contribution is 7.89. The molecule has 1 unspecified atom stereocenters. The lowest BCUT2D eigenvalue weighted by atomic mass is 9.96. The van der Waals surface area contributed by atoms with E-state index < -0.39 is 21.4 Å². The van der Waals surface area contributed by atoms with Crippen LogP contribution in [-0.4, -0.2) is 26.2 Å². The highest BCUT2D eigenvalue weighted by Crippen LogP contribution is 2.25. The van der Waals surface area contributed by atoms with Gasteiger partial charge in [0.25, 0.3) is 0 Å². The number of hydrogen-bond acceptors (Lipinski definition) is 4. The molecule has 0 radical (unpaired) electrons. The van der Waals surface area contributed by atoms with Gasteiger partial charge in [-0.15, -0.1) is 0 Å². The number of aliphatic hydroxyl groups is 1. The van der Waals surface area contributed by atoms with Gasteiger partial charge in [-0.2, -0.15) is 0 Å². The normalized spacial score (nSPS) is 17.6. The summed E-state index contributed by atoms with van der Waals surface area (Å²) in [6.45, 7) is 1.24. The van der Waals surface area contributed by atoms with E-state index in [0.29, 0.717) is 11.3 Å². The molecule has 2 aromatic rings. The molecule has 0 aromatic heterocycles. The Kier molecular flexibility index (Phi) is 5.83. The number of rotatable bonds is 7. The van der Waals surface area contributed by atoms with Gasteiger partial charge in [-0.1, -0.05) is 12.1 Å². The van der Waals surface area contributed by atoms with Crippen molar-refractivity contribution in [3.05, 3.63) is 59.9 Å². The van der Waals surface area contributed by atoms with Gasteiger partial charge in [0.2, 0.25) is 10.0 Å². The third kappa shape index (κ3) is 5.06. The quantitative estimate of drug-likeness (QED) is 0.757. The second-order valence-electron chi connectivity index (χ2n) is 7.10. The minimum atomic E-state index is -3.79. The van der Waals surface area contributed by atoms with Crippen molar-refractivity contribution in [2.75, 3.05) is 6.54 Å². The summed E-state index contributed by atoms with van der Waals surface area (Å²) in [7, 11) is -3.79. The van der Waals surface area contributed by atoms with Gasteiger partial charge < -0.3 is 9.84 Å². The molecule has 0 aliphatic heterocycles. The fourth-order valence-corrected chi connectivity index (χ4v) is 4.26. The second kappa shape index (κ2) is 7.96. The average molecular weight is 393 g/mol. The first kappa shape index (κ1) is 19.8. The minimum Gasteiger partial charge on any atom is -0.490 e. The molecule has 7 heteroatoms. The topological polar surface area (TPSA) is 75.6 Å². The fraction of sp³-hybridized carbons (Fsp3) is 0.400. The summed E-state index contributed by atoms with van der Waals surface area (Å²) in [5, 5.41) is 10.5. The van der Waals surface area contributed by atoms with Crippen LogP contribution in [0.4, 0.5) is 4.39 Å². The first-order valence-electron chi connectivity index (χ1n) is 9.01. The third-order valence-electron chi connectivity index (χ3n) is 4.81. The molecule has 2 aromatic carbocycles. The minimum absolute atomic E-state index is 0.0937. The zero-order valence-corrected chi connectivity index (χ0v) is 16.0. The number of halogens is 1. The molecular weight excluding hydrogens is 369 g/mol. The van der Waals surface area contributed by atoms with Crippen LogP contribution in [0.5, 0.6) is 5.75 Å². The molecule has 0 spiro atoms. The van der Waals surface area contributed by atoms with Crippen LogP contribution in [0.1, 0.15) is 38.2 Å². The summed E-state index contributed by atoms with van der Waals surface area (Å²) in [5.41, 5.74) is -1.04. The van der Waals surface area contributed by atoms with E-state index in [1.807, 2.05) is 0 Å². The van der Waals surface area contributed by atoms with Crippen molar-refractivity contribution in [2.45, 2.75) is 49.2 Å². The largest absolute Gasteiger partial charge is 0.490 e. The van der Waals surface area contributed by atoms with Gasteiger partial charge in [0.05, 0.1) is 11.0 Å². The molecule has 1 aliphatic rings. The lowest BCUT2D eigenvalue weighted by Gasteiger charge is -2.24. The average Bonchev–Trinajstić information content (AvgIpc) is 3.14. The summed E-state index contributed by atoms with van der Waals surface area (Å²) in [4.78, 5) is 0.0937. The zero-order chi connectivity index (χ0) is 19.5. The Balaban J connectivity index is 1.64. The molecule has 1 aliphatic carbocycles. The molecule has 2 N–H and O–H groups in total. The second-order valence-corrected chi connectivity index (χ2v) is 8.87. The van der Waals surface area contributed by atoms with Gasteiger partial charge in [0.1, 0.15) is 17.2 Å². The first-order valence-corrected chi connectivity index (χ1v) is 10.5. The Morgan fingerprint density at radius 2 is 1.70 bits per heavy atom. The Bertz CT molecular complexity index is 858. The van der Waals surface area contributed by atoms with Crippen LogP contribution in [0.15, 0.2) is 53.4 Å². The Hall–Kier alpha value is -1.96. The molecule has 0 amide bonds. The van der Waals surface area contributed by atoms with Crippen LogP contribution in [-0.2, 0) is 15.6 Å². The summed E-state index contributed by atoms with van der Waals surface area (Å²) < 4.78 is 46.3. The molecule has 27 heavy (non-hydrogen) atoms. The maximum atomic E-state index is 13.0. The van der Waals surface area contributed by atoms with E-state index in [4.69, 9.17) is 4.74 Å². The number of sulfonamides is 1. The van der Waals surface area contributed by atoms with Crippen molar-refractivity contribution in [2.24, 2.45) is 0 Å². The maximum absolute atomic E-state index is 13.0. The van der Waals surface area contributed by atoms with Crippen LogP contribution in [0.25, 0.3) is 0 Å². The zero-order valence-electron chi connectivity index (χ0n) is 15.2. The van der Waals surface area contributed by atoms with Crippen molar-refractivity contribution in [3.63, 3.8) is 0 Å². The molecule has 146 valence electrons. The summed E-state index contributed by atoms with van der Waals surface area (Å²) in [5.74, 6) is 0.231. The van der Waals surface area contributed by atoms with Crippen LogP contribution in [0, 0.1) is 5.82 Å². The Labute approximate surface area is 159 Å². The fourth-order valence-electron chi connectivity index (χ4n) is 3.13. The van der Waals surface area contributed by atoms with Crippen molar-refractivity contribution in [1.29, 1.82) is 0 Å². The van der Waals surface area contributed by atoms with Gasteiger partial charge in [-0.05, 0) is 74.6 Å². The van der Waals surface area contributed by atoms with Gasteiger partial charge in [0, 0.05) is 6.54 Å². The SMILES string of the molecule is CC(O)(CNS(=O)(=O)c1ccc(OC2CCCC2)cc1)c1ccc(F)cc1. The standard InChI is InChI=1S/C20H24FNO4S/c1-20(23,15-6-8-16(21)9-7-15)14-22-27(24,25)19-12-10-18(11-13-19)26-17-4-2-3-5-17/h6-13,17,22-23H,2-5,14H2,1H3. The molecule has 1 saturated carbocycles. The predicted octanol–water partition coefficient (Wildman–Crippen LogP) is 3.33. The molecule has 0 heterocycles. The molecular formula is C20H24FNO4S. The summed E-state index contributed by atoms with van der Waals surface area (Å²) >= 11 is 0. The van der Waals surface area contributed by atoms with Crippen molar-refractivity contribution < 1.29 is 22.7 Å². The molecule has 1 atom stereocenters. The van der Waals surface area contributed by atoms with Gasteiger partial charge in [-0.3, -0.25) is 0 Å². The van der Waals surface area contributed by atoms with E-state index in [9.17, 15) is 17.9 Å². The van der Waals surface area contributed by atoms with Crippen LogP contribution in [0.2, 0.25) is 0 Å². The highest BCUT2D eigenvalue weighted by atomic mass is 32.2.